The zero-order valence-electron chi connectivity index (χ0n) is 17.7. The summed E-state index contributed by atoms with van der Waals surface area (Å²) in [6, 6.07) is 9.97. The summed E-state index contributed by atoms with van der Waals surface area (Å²) in [4.78, 5) is 7.63. The highest BCUT2D eigenvalue weighted by molar-refractivity contribution is 14.0. The first kappa shape index (κ1) is 24.2. The van der Waals surface area contributed by atoms with E-state index in [0.717, 1.165) is 63.8 Å². The fourth-order valence-electron chi connectivity index (χ4n) is 4.07. The molecule has 0 aliphatic carbocycles. The second-order valence-corrected chi connectivity index (χ2v) is 7.67. The monoisotopic (exact) mass is 516 g/mol. The maximum atomic E-state index is 5.77. The van der Waals surface area contributed by atoms with Crippen LogP contribution in [0.1, 0.15) is 39.0 Å². The van der Waals surface area contributed by atoms with Crippen LogP contribution in [0, 0.1) is 0 Å². The summed E-state index contributed by atoms with van der Waals surface area (Å²) in [5, 5.41) is 6.85. The Bertz CT molecular complexity index is 588. The standard InChI is InChI=1S/C22H36N4O2.HI/c1-2-23-21(24-13-8-16-28-20-9-4-3-5-10-20)25-19-22(11-17-27-18-12-22)26-14-6-7-15-26;/h3-5,9-10H,2,6-8,11-19H2,1H3,(H2,23,24,25);1H. The van der Waals surface area contributed by atoms with E-state index in [0.29, 0.717) is 6.61 Å². The summed E-state index contributed by atoms with van der Waals surface area (Å²) in [6.07, 6.45) is 5.73. The van der Waals surface area contributed by atoms with Crippen LogP contribution < -0.4 is 15.4 Å². The maximum Gasteiger partial charge on any atom is 0.191 e. The Kier molecular flexibility index (Phi) is 11.1. The van der Waals surface area contributed by atoms with Crippen LogP contribution in [0.5, 0.6) is 5.75 Å². The van der Waals surface area contributed by atoms with Gasteiger partial charge in [0.15, 0.2) is 5.96 Å². The van der Waals surface area contributed by atoms with Gasteiger partial charge < -0.3 is 20.1 Å². The van der Waals surface area contributed by atoms with Gasteiger partial charge in [0.25, 0.3) is 0 Å². The Morgan fingerprint density at radius 2 is 1.86 bits per heavy atom. The molecular weight excluding hydrogens is 479 g/mol. The van der Waals surface area contributed by atoms with Gasteiger partial charge in [0.1, 0.15) is 5.75 Å². The van der Waals surface area contributed by atoms with Crippen LogP contribution in [0.3, 0.4) is 0 Å². The van der Waals surface area contributed by atoms with Crippen molar-refractivity contribution in [3.05, 3.63) is 30.3 Å². The number of likely N-dealkylation sites (tertiary alicyclic amines) is 1. The Morgan fingerprint density at radius 1 is 1.14 bits per heavy atom. The molecule has 0 spiro atoms. The van der Waals surface area contributed by atoms with Gasteiger partial charge in [-0.15, -0.1) is 24.0 Å². The van der Waals surface area contributed by atoms with E-state index in [1.807, 2.05) is 30.3 Å². The van der Waals surface area contributed by atoms with E-state index >= 15 is 0 Å². The molecule has 3 rings (SSSR count). The summed E-state index contributed by atoms with van der Waals surface area (Å²) < 4.78 is 11.4. The summed E-state index contributed by atoms with van der Waals surface area (Å²) in [7, 11) is 0. The first-order valence-corrected chi connectivity index (χ1v) is 10.9. The molecule has 0 atom stereocenters. The Labute approximate surface area is 192 Å². The quantitative estimate of drug-likeness (QED) is 0.229. The molecule has 7 heteroatoms. The van der Waals surface area contributed by atoms with Crippen LogP contribution in [-0.4, -0.2) is 68.9 Å². The number of nitrogens with one attached hydrogen (secondary N) is 2. The van der Waals surface area contributed by atoms with Gasteiger partial charge in [-0.05, 0) is 64.3 Å². The lowest BCUT2D eigenvalue weighted by Gasteiger charge is -2.43. The SMILES string of the molecule is CCNC(=NCC1(N2CCCC2)CCOCC1)NCCCOc1ccccc1.I. The molecule has 2 fully saturated rings. The van der Waals surface area contributed by atoms with E-state index in [4.69, 9.17) is 14.5 Å². The first-order valence-electron chi connectivity index (χ1n) is 10.9. The highest BCUT2D eigenvalue weighted by atomic mass is 127. The molecule has 29 heavy (non-hydrogen) atoms. The summed E-state index contributed by atoms with van der Waals surface area (Å²) in [6.45, 7) is 9.48. The number of halogens is 1. The third-order valence-corrected chi connectivity index (χ3v) is 5.70. The minimum absolute atomic E-state index is 0. The van der Waals surface area contributed by atoms with Gasteiger partial charge in [0.2, 0.25) is 0 Å². The van der Waals surface area contributed by atoms with Crippen LogP contribution >= 0.6 is 24.0 Å². The van der Waals surface area contributed by atoms with Gasteiger partial charge in [-0.25, -0.2) is 0 Å². The van der Waals surface area contributed by atoms with Crippen molar-refractivity contribution < 1.29 is 9.47 Å². The number of para-hydroxylation sites is 1. The molecule has 0 amide bonds. The molecule has 164 valence electrons. The molecule has 2 aliphatic heterocycles. The highest BCUT2D eigenvalue weighted by Gasteiger charge is 2.39. The number of rotatable bonds is 9. The predicted molar refractivity (Wildman–Crippen MR) is 130 cm³/mol. The van der Waals surface area contributed by atoms with Crippen LogP contribution in [0.2, 0.25) is 0 Å². The molecule has 2 aliphatic rings. The summed E-state index contributed by atoms with van der Waals surface area (Å²) in [5.41, 5.74) is 0.174. The normalized spacial score (nSPS) is 19.4. The number of benzene rings is 1. The third kappa shape index (κ3) is 7.61. The second-order valence-electron chi connectivity index (χ2n) is 7.67. The number of hydrogen-bond acceptors (Lipinski definition) is 4. The molecule has 0 bridgehead atoms. The van der Waals surface area contributed by atoms with Gasteiger partial charge in [0, 0.05) is 31.8 Å². The van der Waals surface area contributed by atoms with E-state index in [2.05, 4.69) is 22.5 Å². The third-order valence-electron chi connectivity index (χ3n) is 5.70. The molecule has 0 saturated carbocycles. The van der Waals surface area contributed by atoms with Crippen molar-refractivity contribution in [3.63, 3.8) is 0 Å². The van der Waals surface area contributed by atoms with Crippen LogP contribution in [0.25, 0.3) is 0 Å². The van der Waals surface area contributed by atoms with Crippen LogP contribution in [0.15, 0.2) is 35.3 Å². The number of aliphatic imine (C=N–C) groups is 1. The van der Waals surface area contributed by atoms with E-state index < -0.39 is 0 Å². The number of nitrogens with zero attached hydrogens (tertiary/aromatic N) is 2. The second kappa shape index (κ2) is 13.3. The zero-order valence-corrected chi connectivity index (χ0v) is 20.0. The van der Waals surface area contributed by atoms with Gasteiger partial charge in [-0.1, -0.05) is 18.2 Å². The van der Waals surface area contributed by atoms with Crippen molar-refractivity contribution in [1.82, 2.24) is 15.5 Å². The smallest absolute Gasteiger partial charge is 0.191 e. The summed E-state index contributed by atoms with van der Waals surface area (Å²) >= 11 is 0. The van der Waals surface area contributed by atoms with Gasteiger partial charge in [-0.3, -0.25) is 9.89 Å². The minimum atomic E-state index is 0. The van der Waals surface area contributed by atoms with Crippen molar-refractivity contribution in [2.45, 2.75) is 44.6 Å². The van der Waals surface area contributed by atoms with Crippen molar-refractivity contribution in [1.29, 1.82) is 0 Å². The van der Waals surface area contributed by atoms with Crippen molar-refractivity contribution in [2.75, 3.05) is 52.5 Å². The molecule has 2 saturated heterocycles. The first-order chi connectivity index (χ1) is 13.8. The number of hydrogen-bond donors (Lipinski definition) is 2. The van der Waals surface area contributed by atoms with E-state index in [-0.39, 0.29) is 29.5 Å². The van der Waals surface area contributed by atoms with Crippen molar-refractivity contribution in [2.24, 2.45) is 4.99 Å². The molecule has 0 unspecified atom stereocenters. The maximum absolute atomic E-state index is 5.77. The molecule has 0 radical (unpaired) electrons. The minimum Gasteiger partial charge on any atom is -0.494 e. The fraction of sp³-hybridized carbons (Fsp3) is 0.682. The predicted octanol–water partition coefficient (Wildman–Crippen LogP) is 3.27. The fourth-order valence-corrected chi connectivity index (χ4v) is 4.07. The summed E-state index contributed by atoms with van der Waals surface area (Å²) in [5.74, 6) is 1.84. The van der Waals surface area contributed by atoms with Crippen molar-refractivity contribution in [3.8, 4) is 5.75 Å². The van der Waals surface area contributed by atoms with E-state index in [1.165, 1.54) is 25.9 Å². The largest absolute Gasteiger partial charge is 0.494 e. The molecular formula is C22H37IN4O2. The average Bonchev–Trinajstić information content (AvgIpc) is 3.29. The molecule has 1 aromatic rings. The van der Waals surface area contributed by atoms with Gasteiger partial charge >= 0.3 is 0 Å². The molecule has 2 N–H and O–H groups in total. The van der Waals surface area contributed by atoms with Gasteiger partial charge in [-0.2, -0.15) is 0 Å². The lowest BCUT2D eigenvalue weighted by atomic mass is 9.88. The molecule has 1 aromatic carbocycles. The Hall–Kier alpha value is -1.06. The average molecular weight is 516 g/mol. The topological polar surface area (TPSA) is 58.1 Å². The lowest BCUT2D eigenvalue weighted by molar-refractivity contribution is -0.0139. The zero-order chi connectivity index (χ0) is 19.5. The van der Waals surface area contributed by atoms with Crippen LogP contribution in [-0.2, 0) is 4.74 Å². The lowest BCUT2D eigenvalue weighted by Crippen LogP contribution is -2.54. The molecule has 6 nitrogen and oxygen atoms in total. The number of guanidine groups is 1. The van der Waals surface area contributed by atoms with Crippen LogP contribution in [0.4, 0.5) is 0 Å². The Balaban J connectivity index is 0.00000300. The number of ether oxygens (including phenoxy) is 2. The van der Waals surface area contributed by atoms with E-state index in [9.17, 15) is 0 Å². The molecule has 2 heterocycles. The Morgan fingerprint density at radius 3 is 2.55 bits per heavy atom. The molecule has 0 aromatic heterocycles. The van der Waals surface area contributed by atoms with Crippen molar-refractivity contribution >= 4 is 29.9 Å². The van der Waals surface area contributed by atoms with E-state index in [1.54, 1.807) is 0 Å². The highest BCUT2D eigenvalue weighted by Crippen LogP contribution is 2.31. The van der Waals surface area contributed by atoms with Gasteiger partial charge in [0.05, 0.1) is 13.2 Å².